The molecule has 0 N–H and O–H groups in total. The summed E-state index contributed by atoms with van der Waals surface area (Å²) in [4.78, 5) is 4.69. The maximum atomic E-state index is 2.38. The fourth-order valence-electron chi connectivity index (χ4n) is 5.96. The van der Waals surface area contributed by atoms with E-state index in [2.05, 4.69) is 186 Å². The SMILES string of the molecule is CSB1c2cc(N(c3ccccc3)c3ccccc3)ccc2C=Cc2ccc(N(c3ccccc3)c3ccccc3)cc21. The molecule has 0 saturated carbocycles. The van der Waals surface area contributed by atoms with E-state index < -0.39 is 0 Å². The van der Waals surface area contributed by atoms with E-state index in [1.807, 2.05) is 11.6 Å². The summed E-state index contributed by atoms with van der Waals surface area (Å²) in [6, 6.07) is 56.3. The maximum absolute atomic E-state index is 2.38. The molecule has 0 unspecified atom stereocenters. The summed E-state index contributed by atoms with van der Waals surface area (Å²) < 4.78 is 0. The van der Waals surface area contributed by atoms with E-state index in [0.717, 1.165) is 34.1 Å². The lowest BCUT2D eigenvalue weighted by atomic mass is 9.59. The van der Waals surface area contributed by atoms with Crippen molar-refractivity contribution in [3.63, 3.8) is 0 Å². The van der Waals surface area contributed by atoms with Crippen molar-refractivity contribution in [3.8, 4) is 0 Å². The lowest BCUT2D eigenvalue weighted by Crippen LogP contribution is -2.41. The molecule has 6 aromatic carbocycles. The molecule has 0 bridgehead atoms. The number of nitrogens with zero attached hydrogens (tertiary/aromatic N) is 2. The van der Waals surface area contributed by atoms with Crippen LogP contribution in [0.1, 0.15) is 11.1 Å². The van der Waals surface area contributed by atoms with Gasteiger partial charge < -0.3 is 9.80 Å². The van der Waals surface area contributed by atoms with E-state index >= 15 is 0 Å². The van der Waals surface area contributed by atoms with E-state index in [4.69, 9.17) is 0 Å². The van der Waals surface area contributed by atoms with Crippen LogP contribution < -0.4 is 20.7 Å². The van der Waals surface area contributed by atoms with Gasteiger partial charge >= 0.3 is 0 Å². The van der Waals surface area contributed by atoms with Crippen molar-refractivity contribution in [1.82, 2.24) is 0 Å². The van der Waals surface area contributed by atoms with Gasteiger partial charge in [0.05, 0.1) is 0 Å². The maximum Gasteiger partial charge on any atom is 0.275 e. The first-order valence-corrected chi connectivity index (χ1v) is 15.9. The number of anilines is 6. The number of rotatable bonds is 7. The lowest BCUT2D eigenvalue weighted by Gasteiger charge is -2.28. The van der Waals surface area contributed by atoms with Gasteiger partial charge in [-0.15, -0.1) is 0 Å². The Balaban J connectivity index is 1.36. The zero-order chi connectivity index (χ0) is 29.0. The molecule has 0 aliphatic carbocycles. The Kier molecular flexibility index (Phi) is 7.60. The molecular weight excluding hydrogens is 539 g/mol. The van der Waals surface area contributed by atoms with E-state index in [-0.39, 0.29) is 5.99 Å². The minimum Gasteiger partial charge on any atom is -0.311 e. The Morgan fingerprint density at radius 1 is 0.395 bits per heavy atom. The van der Waals surface area contributed by atoms with Gasteiger partial charge in [0, 0.05) is 34.1 Å². The van der Waals surface area contributed by atoms with Gasteiger partial charge in [-0.3, -0.25) is 0 Å². The summed E-state index contributed by atoms with van der Waals surface area (Å²) in [5.41, 5.74) is 12.0. The quantitative estimate of drug-likeness (QED) is 0.177. The molecule has 0 radical (unpaired) electrons. The number of fused-ring (bicyclic) bond motifs is 2. The molecule has 1 aliphatic rings. The van der Waals surface area contributed by atoms with E-state index in [9.17, 15) is 0 Å². The largest absolute Gasteiger partial charge is 0.311 e. The van der Waals surface area contributed by atoms with Crippen molar-refractivity contribution in [2.75, 3.05) is 16.1 Å². The molecule has 0 fully saturated rings. The first kappa shape index (κ1) is 26.9. The third-order valence-corrected chi connectivity index (χ3v) is 8.94. The molecule has 0 atom stereocenters. The highest BCUT2D eigenvalue weighted by Gasteiger charge is 2.27. The monoisotopic (exact) mass is 570 g/mol. The first-order chi connectivity index (χ1) is 21.3. The number of hydrogen-bond donors (Lipinski definition) is 0. The van der Waals surface area contributed by atoms with Crippen molar-refractivity contribution < 1.29 is 0 Å². The van der Waals surface area contributed by atoms with Crippen molar-refractivity contribution in [1.29, 1.82) is 0 Å². The summed E-state index contributed by atoms with van der Waals surface area (Å²) in [7, 11) is 0. The van der Waals surface area contributed by atoms with Gasteiger partial charge in [0.2, 0.25) is 0 Å². The number of hydrogen-bond acceptors (Lipinski definition) is 3. The fourth-order valence-corrected chi connectivity index (χ4v) is 6.88. The predicted molar refractivity (Wildman–Crippen MR) is 190 cm³/mol. The number of para-hydroxylation sites is 4. The summed E-state index contributed by atoms with van der Waals surface area (Å²) in [5.74, 6) is 0.168. The second-order valence-corrected chi connectivity index (χ2v) is 11.5. The first-order valence-electron chi connectivity index (χ1n) is 14.6. The molecule has 0 amide bonds. The third kappa shape index (κ3) is 5.38. The lowest BCUT2D eigenvalue weighted by molar-refractivity contribution is 1.28. The van der Waals surface area contributed by atoms with Crippen LogP contribution in [-0.2, 0) is 0 Å². The molecule has 0 saturated heterocycles. The van der Waals surface area contributed by atoms with E-state index in [1.165, 1.54) is 22.1 Å². The summed E-state index contributed by atoms with van der Waals surface area (Å²) >= 11 is 1.89. The second kappa shape index (κ2) is 12.1. The second-order valence-electron chi connectivity index (χ2n) is 10.6. The Morgan fingerprint density at radius 3 is 1.02 bits per heavy atom. The van der Waals surface area contributed by atoms with Crippen LogP contribution in [0.2, 0.25) is 0 Å². The van der Waals surface area contributed by atoms with Crippen LogP contribution in [0.4, 0.5) is 34.1 Å². The van der Waals surface area contributed by atoms with E-state index in [0.29, 0.717) is 0 Å². The van der Waals surface area contributed by atoms with Gasteiger partial charge in [-0.2, -0.15) is 0 Å². The summed E-state index contributed by atoms with van der Waals surface area (Å²) in [6.45, 7) is 0. The molecule has 43 heavy (non-hydrogen) atoms. The standard InChI is InChI=1S/C39H31BN2S/c1-43-40-38-28-36(41(32-14-6-2-7-15-32)33-16-8-3-9-17-33)26-24-30(38)22-23-31-25-27-37(29-39(31)40)42(34-18-10-4-11-19-34)35-20-12-5-13-21-35/h2-29H,1H3. The van der Waals surface area contributed by atoms with E-state index in [1.54, 1.807) is 0 Å². The fraction of sp³-hybridized carbons (Fsp3) is 0.0256. The van der Waals surface area contributed by atoms with Crippen LogP contribution in [0.25, 0.3) is 12.2 Å². The van der Waals surface area contributed by atoms with Crippen LogP contribution in [0.5, 0.6) is 0 Å². The van der Waals surface area contributed by atoms with Crippen molar-refractivity contribution in [2.24, 2.45) is 0 Å². The van der Waals surface area contributed by atoms with Crippen LogP contribution in [-0.4, -0.2) is 12.2 Å². The van der Waals surface area contributed by atoms with Crippen molar-refractivity contribution in [3.05, 3.63) is 169 Å². The molecule has 7 rings (SSSR count). The molecule has 6 aromatic rings. The average Bonchev–Trinajstić information content (AvgIpc) is 3.23. The minimum atomic E-state index is 0.168. The molecule has 4 heteroatoms. The van der Waals surface area contributed by atoms with Gasteiger partial charge in [-0.1, -0.05) is 108 Å². The molecule has 0 spiro atoms. The molecule has 0 aromatic heterocycles. The van der Waals surface area contributed by atoms with Gasteiger partial charge in [-0.25, -0.2) is 11.6 Å². The highest BCUT2D eigenvalue weighted by atomic mass is 32.2. The Morgan fingerprint density at radius 2 is 0.721 bits per heavy atom. The van der Waals surface area contributed by atoms with Crippen LogP contribution in [0.15, 0.2) is 158 Å². The van der Waals surface area contributed by atoms with Crippen molar-refractivity contribution in [2.45, 2.75) is 0 Å². The normalized spacial score (nSPS) is 11.8. The topological polar surface area (TPSA) is 6.48 Å². The number of benzene rings is 6. The molecular formula is C39H31BN2S. The zero-order valence-corrected chi connectivity index (χ0v) is 24.9. The summed E-state index contributed by atoms with van der Waals surface area (Å²) in [6.07, 6.45) is 6.77. The highest BCUT2D eigenvalue weighted by molar-refractivity contribution is 8.27. The third-order valence-electron chi connectivity index (χ3n) is 7.96. The summed E-state index contributed by atoms with van der Waals surface area (Å²) in [5, 5.41) is 0. The molecule has 206 valence electrons. The van der Waals surface area contributed by atoms with Gasteiger partial charge in [0.1, 0.15) is 0 Å². The minimum absolute atomic E-state index is 0.168. The predicted octanol–water partition coefficient (Wildman–Crippen LogP) is 9.58. The van der Waals surface area contributed by atoms with Gasteiger partial charge in [0.25, 0.3) is 5.99 Å². The van der Waals surface area contributed by atoms with Crippen LogP contribution in [0.3, 0.4) is 0 Å². The van der Waals surface area contributed by atoms with Gasteiger partial charge in [-0.05, 0) is 90.2 Å². The zero-order valence-electron chi connectivity index (χ0n) is 24.0. The highest BCUT2D eigenvalue weighted by Crippen LogP contribution is 2.36. The Labute approximate surface area is 258 Å². The van der Waals surface area contributed by atoms with Gasteiger partial charge in [0.15, 0.2) is 0 Å². The van der Waals surface area contributed by atoms with Crippen molar-refractivity contribution >= 4 is 74.8 Å². The molecule has 2 nitrogen and oxygen atoms in total. The molecule has 1 aliphatic heterocycles. The van der Waals surface area contributed by atoms with Crippen LogP contribution in [0, 0.1) is 0 Å². The average molecular weight is 571 g/mol. The molecule has 1 heterocycles. The Hall–Kier alpha value is -4.93. The Bertz CT molecular complexity index is 1640. The van der Waals surface area contributed by atoms with Crippen LogP contribution >= 0.6 is 11.6 Å². The smallest absolute Gasteiger partial charge is 0.275 e.